The average Bonchev–Trinajstić information content (AvgIpc) is 2.65. The van der Waals surface area contributed by atoms with Crippen LogP contribution < -0.4 is 5.32 Å². The molecule has 0 unspecified atom stereocenters. The maximum absolute atomic E-state index is 12.1. The molecule has 1 heterocycles. The second-order valence-corrected chi connectivity index (χ2v) is 8.21. The van der Waals surface area contributed by atoms with Crippen LogP contribution in [0.1, 0.15) is 40.5 Å². The summed E-state index contributed by atoms with van der Waals surface area (Å²) in [4.78, 5) is 11.8. The van der Waals surface area contributed by atoms with Crippen LogP contribution in [0.25, 0.3) is 0 Å². The number of ether oxygens (including phenoxy) is 1. The monoisotopic (exact) mass is 277 g/mol. The Kier molecular flexibility index (Phi) is 4.78. The molecule has 0 saturated carbocycles. The molecule has 0 aromatic heterocycles. The van der Waals surface area contributed by atoms with Gasteiger partial charge in [-0.1, -0.05) is 0 Å². The van der Waals surface area contributed by atoms with E-state index < -0.39 is 26.5 Å². The Bertz CT molecular complexity index is 391. The van der Waals surface area contributed by atoms with E-state index >= 15 is 0 Å². The average molecular weight is 277 g/mol. The van der Waals surface area contributed by atoms with Gasteiger partial charge in [0.15, 0.2) is 9.84 Å². The van der Waals surface area contributed by atoms with E-state index in [1.165, 1.54) is 6.92 Å². The van der Waals surface area contributed by atoms with Gasteiger partial charge in [-0.3, -0.25) is 4.79 Å². The lowest BCUT2D eigenvalue weighted by Gasteiger charge is -2.23. The molecule has 6 heteroatoms. The number of nitrogens with one attached hydrogen (secondary N) is 1. The van der Waals surface area contributed by atoms with E-state index in [1.54, 1.807) is 0 Å². The van der Waals surface area contributed by atoms with Gasteiger partial charge in [-0.2, -0.15) is 0 Å². The molecule has 0 aromatic carbocycles. The minimum atomic E-state index is -3.45. The molecule has 0 radical (unpaired) electrons. The molecule has 1 rings (SSSR count). The zero-order chi connectivity index (χ0) is 14.0. The molecule has 1 amide bonds. The maximum atomic E-state index is 12.1. The maximum Gasteiger partial charge on any atom is 0.238 e. The minimum absolute atomic E-state index is 0.0638. The van der Waals surface area contributed by atoms with Crippen molar-refractivity contribution >= 4 is 15.7 Å². The zero-order valence-corrected chi connectivity index (χ0v) is 12.3. The van der Waals surface area contributed by atoms with Crippen molar-refractivity contribution in [2.75, 3.05) is 12.4 Å². The van der Waals surface area contributed by atoms with E-state index in [9.17, 15) is 13.2 Å². The lowest BCUT2D eigenvalue weighted by Crippen LogP contribution is -2.48. The van der Waals surface area contributed by atoms with Crippen LogP contribution >= 0.6 is 0 Å². The van der Waals surface area contributed by atoms with Crippen molar-refractivity contribution in [1.29, 1.82) is 0 Å². The van der Waals surface area contributed by atoms with Gasteiger partial charge in [-0.25, -0.2) is 8.42 Å². The van der Waals surface area contributed by atoms with Crippen molar-refractivity contribution in [3.8, 4) is 0 Å². The first-order valence-electron chi connectivity index (χ1n) is 6.27. The van der Waals surface area contributed by atoms with E-state index in [-0.39, 0.29) is 11.9 Å². The van der Waals surface area contributed by atoms with Crippen molar-refractivity contribution in [2.24, 2.45) is 0 Å². The normalized spacial score (nSPS) is 22.8. The van der Waals surface area contributed by atoms with E-state index in [1.807, 2.05) is 20.8 Å². The van der Waals surface area contributed by atoms with Crippen LogP contribution in [-0.2, 0) is 19.4 Å². The smallest absolute Gasteiger partial charge is 0.238 e. The highest BCUT2D eigenvalue weighted by Gasteiger charge is 2.33. The second-order valence-electron chi connectivity index (χ2n) is 5.85. The minimum Gasteiger partial charge on any atom is -0.377 e. The van der Waals surface area contributed by atoms with Crippen LogP contribution in [0.3, 0.4) is 0 Å². The molecule has 0 bridgehead atoms. The molecule has 1 fully saturated rings. The van der Waals surface area contributed by atoms with Crippen LogP contribution in [0.2, 0.25) is 0 Å². The lowest BCUT2D eigenvalue weighted by molar-refractivity contribution is -0.121. The first kappa shape index (κ1) is 15.4. The third-order valence-electron chi connectivity index (χ3n) is 2.85. The van der Waals surface area contributed by atoms with Crippen molar-refractivity contribution in [3.05, 3.63) is 0 Å². The van der Waals surface area contributed by atoms with Gasteiger partial charge in [0.05, 0.1) is 11.9 Å². The number of carbonyl (C=O) groups is 1. The number of hydrogen-bond donors (Lipinski definition) is 1. The summed E-state index contributed by atoms with van der Waals surface area (Å²) in [5, 5.41) is 1.66. The molecule has 0 spiro atoms. The van der Waals surface area contributed by atoms with Gasteiger partial charge in [0.2, 0.25) is 5.91 Å². The third-order valence-corrected chi connectivity index (χ3v) is 4.98. The van der Waals surface area contributed by atoms with Gasteiger partial charge >= 0.3 is 0 Å². The third kappa shape index (κ3) is 4.57. The van der Waals surface area contributed by atoms with Gasteiger partial charge in [0, 0.05) is 12.1 Å². The molecule has 5 nitrogen and oxygen atoms in total. The Morgan fingerprint density at radius 3 is 2.50 bits per heavy atom. The van der Waals surface area contributed by atoms with Crippen LogP contribution in [0.15, 0.2) is 0 Å². The van der Waals surface area contributed by atoms with Gasteiger partial charge in [-0.15, -0.1) is 0 Å². The van der Waals surface area contributed by atoms with Gasteiger partial charge in [-0.05, 0) is 40.5 Å². The molecule has 18 heavy (non-hydrogen) atoms. The number of rotatable bonds is 4. The summed E-state index contributed by atoms with van der Waals surface area (Å²) in [7, 11) is -3.45. The molecule has 106 valence electrons. The second kappa shape index (κ2) is 5.57. The number of sulfone groups is 1. The predicted molar refractivity (Wildman–Crippen MR) is 70.1 cm³/mol. The Morgan fingerprint density at radius 1 is 1.44 bits per heavy atom. The molecule has 1 N–H and O–H groups in total. The number of carbonyl (C=O) groups excluding carboxylic acids is 1. The van der Waals surface area contributed by atoms with Gasteiger partial charge < -0.3 is 10.1 Å². The summed E-state index contributed by atoms with van der Waals surface area (Å²) in [5.41, 5.74) is -0.426. The Labute approximate surface area is 109 Å². The predicted octanol–water partition coefficient (Wildman–Crippen LogP) is 0.883. The molecule has 1 aliphatic heterocycles. The molecule has 1 aliphatic rings. The molecule has 0 aliphatic carbocycles. The zero-order valence-electron chi connectivity index (χ0n) is 11.5. The largest absolute Gasteiger partial charge is 0.377 e. The summed E-state index contributed by atoms with van der Waals surface area (Å²) in [6.45, 7) is 7.52. The van der Waals surface area contributed by atoms with Crippen LogP contribution in [0.4, 0.5) is 0 Å². The van der Waals surface area contributed by atoms with Crippen molar-refractivity contribution in [3.63, 3.8) is 0 Å². The highest BCUT2D eigenvalue weighted by Crippen LogP contribution is 2.16. The first-order valence-corrected chi connectivity index (χ1v) is 7.98. The summed E-state index contributed by atoms with van der Waals surface area (Å²) < 4.78 is 29.5. The molecule has 1 saturated heterocycles. The molecular formula is C12H23NO4S. The van der Waals surface area contributed by atoms with Crippen LogP contribution in [0, 0.1) is 0 Å². The van der Waals surface area contributed by atoms with Crippen molar-refractivity contribution in [1.82, 2.24) is 5.32 Å². The quantitative estimate of drug-likeness (QED) is 0.828. The molecular weight excluding hydrogens is 254 g/mol. The lowest BCUT2D eigenvalue weighted by atomic mass is 10.1. The molecule has 2 atom stereocenters. The number of hydrogen-bond acceptors (Lipinski definition) is 4. The van der Waals surface area contributed by atoms with Crippen molar-refractivity contribution in [2.45, 2.75) is 57.4 Å². The van der Waals surface area contributed by atoms with E-state index in [0.29, 0.717) is 6.61 Å². The van der Waals surface area contributed by atoms with E-state index in [0.717, 1.165) is 12.8 Å². The van der Waals surface area contributed by atoms with Crippen molar-refractivity contribution < 1.29 is 17.9 Å². The standard InChI is InChI=1S/C12H23NO4S/c1-9(11(14)13-12(2,3)4)18(15,16)8-10-6-5-7-17-10/h9-10H,5-8H2,1-4H3,(H,13,14)/t9-,10+/m0/s1. The Balaban J connectivity index is 2.63. The van der Waals surface area contributed by atoms with E-state index in [4.69, 9.17) is 4.74 Å². The van der Waals surface area contributed by atoms with E-state index in [2.05, 4.69) is 5.32 Å². The summed E-state index contributed by atoms with van der Waals surface area (Å²) in [6, 6.07) is 0. The summed E-state index contributed by atoms with van der Waals surface area (Å²) in [5.74, 6) is -0.508. The summed E-state index contributed by atoms with van der Waals surface area (Å²) in [6.07, 6.45) is 1.40. The fraction of sp³-hybridized carbons (Fsp3) is 0.917. The first-order chi connectivity index (χ1) is 8.12. The highest BCUT2D eigenvalue weighted by molar-refractivity contribution is 7.92. The number of amides is 1. The van der Waals surface area contributed by atoms with Gasteiger partial charge in [0.1, 0.15) is 5.25 Å². The van der Waals surface area contributed by atoms with Crippen LogP contribution in [-0.4, -0.2) is 43.6 Å². The fourth-order valence-electron chi connectivity index (χ4n) is 1.81. The van der Waals surface area contributed by atoms with Crippen LogP contribution in [0.5, 0.6) is 0 Å². The Morgan fingerprint density at radius 2 is 2.06 bits per heavy atom. The highest BCUT2D eigenvalue weighted by atomic mass is 32.2. The Hall–Kier alpha value is -0.620. The fourth-order valence-corrected chi connectivity index (χ4v) is 3.27. The topological polar surface area (TPSA) is 72.5 Å². The SMILES string of the molecule is C[C@@H](C(=O)NC(C)(C)C)S(=O)(=O)C[C@H]1CCCO1. The summed E-state index contributed by atoms with van der Waals surface area (Å²) >= 11 is 0. The van der Waals surface area contributed by atoms with Gasteiger partial charge in [0.25, 0.3) is 0 Å². The molecule has 0 aromatic rings.